The molecule has 0 aliphatic carbocycles. The molecule has 0 spiro atoms. The van der Waals surface area contributed by atoms with Gasteiger partial charge in [0.05, 0.1) is 17.9 Å². The zero-order valence-corrected chi connectivity index (χ0v) is 8.90. The Morgan fingerprint density at radius 3 is 2.62 bits per heavy atom. The van der Waals surface area contributed by atoms with Gasteiger partial charge in [0.15, 0.2) is 0 Å². The van der Waals surface area contributed by atoms with Crippen LogP contribution in [0.1, 0.15) is 31.4 Å². The molecule has 1 aromatic heterocycles. The molecule has 2 unspecified atom stereocenters. The third-order valence-corrected chi connectivity index (χ3v) is 3.52. The van der Waals surface area contributed by atoms with Gasteiger partial charge >= 0.3 is 0 Å². The van der Waals surface area contributed by atoms with Crippen molar-refractivity contribution in [2.45, 2.75) is 43.5 Å². The molecule has 16 heavy (non-hydrogen) atoms. The minimum atomic E-state index is -1.01. The second-order valence-corrected chi connectivity index (χ2v) is 4.74. The van der Waals surface area contributed by atoms with E-state index in [1.807, 2.05) is 0 Å². The summed E-state index contributed by atoms with van der Waals surface area (Å²) in [7, 11) is 0. The Bertz CT molecular complexity index is 398. The fourth-order valence-corrected chi connectivity index (χ4v) is 2.79. The molecular weight excluding hydrogens is 209 g/mol. The van der Waals surface area contributed by atoms with Gasteiger partial charge in [0.1, 0.15) is 5.60 Å². The molecule has 0 radical (unpaired) electrons. The van der Waals surface area contributed by atoms with E-state index in [2.05, 4.69) is 4.98 Å². The van der Waals surface area contributed by atoms with Gasteiger partial charge in [-0.2, -0.15) is 4.39 Å². The van der Waals surface area contributed by atoms with Crippen molar-refractivity contribution >= 4 is 0 Å². The zero-order valence-electron chi connectivity index (χ0n) is 8.90. The van der Waals surface area contributed by atoms with Crippen molar-refractivity contribution in [1.29, 1.82) is 0 Å². The van der Waals surface area contributed by atoms with E-state index in [4.69, 9.17) is 4.74 Å². The van der Waals surface area contributed by atoms with Crippen LogP contribution in [0.25, 0.3) is 0 Å². The van der Waals surface area contributed by atoms with Gasteiger partial charge in [-0.1, -0.05) is 6.07 Å². The normalized spacial score (nSPS) is 37.6. The summed E-state index contributed by atoms with van der Waals surface area (Å²) in [5.74, 6) is -0.537. The van der Waals surface area contributed by atoms with E-state index in [-0.39, 0.29) is 12.2 Å². The van der Waals surface area contributed by atoms with Crippen LogP contribution in [0.5, 0.6) is 0 Å². The number of pyridine rings is 1. The van der Waals surface area contributed by atoms with E-state index in [0.717, 1.165) is 12.8 Å². The summed E-state index contributed by atoms with van der Waals surface area (Å²) in [4.78, 5) is 3.79. The molecule has 3 nitrogen and oxygen atoms in total. The molecule has 2 fully saturated rings. The average molecular weight is 223 g/mol. The fraction of sp³-hybridized carbons (Fsp3) is 0.583. The molecule has 1 N–H and O–H groups in total. The summed E-state index contributed by atoms with van der Waals surface area (Å²) < 4.78 is 18.7. The lowest BCUT2D eigenvalue weighted by Gasteiger charge is -2.35. The summed E-state index contributed by atoms with van der Waals surface area (Å²) in [6, 6.07) is 4.57. The number of fused-ring (bicyclic) bond motifs is 2. The molecule has 2 atom stereocenters. The minimum absolute atomic E-state index is 0.105. The van der Waals surface area contributed by atoms with Crippen molar-refractivity contribution in [3.63, 3.8) is 0 Å². The van der Waals surface area contributed by atoms with Gasteiger partial charge in [-0.15, -0.1) is 0 Å². The van der Waals surface area contributed by atoms with Crippen LogP contribution < -0.4 is 0 Å². The van der Waals surface area contributed by atoms with Crippen LogP contribution in [0.4, 0.5) is 4.39 Å². The topological polar surface area (TPSA) is 42.4 Å². The third kappa shape index (κ3) is 1.62. The van der Waals surface area contributed by atoms with Gasteiger partial charge in [0.2, 0.25) is 5.95 Å². The number of aromatic nitrogens is 1. The minimum Gasteiger partial charge on any atom is -0.383 e. The van der Waals surface area contributed by atoms with Gasteiger partial charge in [0.25, 0.3) is 0 Å². The quantitative estimate of drug-likeness (QED) is 0.737. The molecule has 86 valence electrons. The van der Waals surface area contributed by atoms with Crippen LogP contribution in [0.2, 0.25) is 0 Å². The first-order valence-corrected chi connectivity index (χ1v) is 5.67. The SMILES string of the molecule is OC1(c2cccc(F)n2)CC2CCC(C1)O2. The van der Waals surface area contributed by atoms with Gasteiger partial charge in [0, 0.05) is 12.8 Å². The van der Waals surface area contributed by atoms with Gasteiger partial charge < -0.3 is 9.84 Å². The highest BCUT2D eigenvalue weighted by atomic mass is 19.1. The van der Waals surface area contributed by atoms with Crippen LogP contribution in [-0.2, 0) is 10.3 Å². The number of hydrogen-bond acceptors (Lipinski definition) is 3. The Morgan fingerprint density at radius 2 is 2.00 bits per heavy atom. The van der Waals surface area contributed by atoms with Crippen LogP contribution in [-0.4, -0.2) is 22.3 Å². The summed E-state index contributed by atoms with van der Waals surface area (Å²) in [5.41, 5.74) is -0.570. The predicted molar refractivity (Wildman–Crippen MR) is 55.2 cm³/mol. The van der Waals surface area contributed by atoms with Crippen molar-refractivity contribution in [1.82, 2.24) is 4.98 Å². The number of rotatable bonds is 1. The summed E-state index contributed by atoms with van der Waals surface area (Å²) in [5, 5.41) is 10.5. The molecular formula is C12H14FNO2. The largest absolute Gasteiger partial charge is 0.383 e. The lowest BCUT2D eigenvalue weighted by molar-refractivity contribution is -0.117. The van der Waals surface area contributed by atoms with E-state index in [1.54, 1.807) is 12.1 Å². The third-order valence-electron chi connectivity index (χ3n) is 3.52. The molecule has 3 heterocycles. The number of hydrogen-bond donors (Lipinski definition) is 1. The van der Waals surface area contributed by atoms with Crippen molar-refractivity contribution in [2.24, 2.45) is 0 Å². The molecule has 2 saturated heterocycles. The highest BCUT2D eigenvalue weighted by molar-refractivity contribution is 5.16. The van der Waals surface area contributed by atoms with E-state index >= 15 is 0 Å². The van der Waals surface area contributed by atoms with E-state index in [0.29, 0.717) is 18.5 Å². The zero-order chi connectivity index (χ0) is 11.2. The maximum absolute atomic E-state index is 13.0. The Morgan fingerprint density at radius 1 is 1.31 bits per heavy atom. The van der Waals surface area contributed by atoms with Gasteiger partial charge in [-0.25, -0.2) is 4.98 Å². The first-order chi connectivity index (χ1) is 7.66. The van der Waals surface area contributed by atoms with Gasteiger partial charge in [-0.3, -0.25) is 0 Å². The number of aliphatic hydroxyl groups is 1. The van der Waals surface area contributed by atoms with E-state index in [1.165, 1.54) is 6.07 Å². The summed E-state index contributed by atoms with van der Waals surface area (Å²) in [6.07, 6.45) is 3.24. The van der Waals surface area contributed by atoms with Gasteiger partial charge in [-0.05, 0) is 25.0 Å². The lowest BCUT2D eigenvalue weighted by Crippen LogP contribution is -2.39. The van der Waals surface area contributed by atoms with Crippen LogP contribution in [0, 0.1) is 5.95 Å². The molecule has 2 bridgehead atoms. The first-order valence-electron chi connectivity index (χ1n) is 5.67. The Balaban J connectivity index is 1.93. The molecule has 2 aliphatic heterocycles. The fourth-order valence-electron chi connectivity index (χ4n) is 2.79. The first kappa shape index (κ1) is 10.2. The average Bonchev–Trinajstić information content (AvgIpc) is 2.59. The molecule has 3 rings (SSSR count). The smallest absolute Gasteiger partial charge is 0.213 e. The highest BCUT2D eigenvalue weighted by Crippen LogP contribution is 2.43. The Hall–Kier alpha value is -1.00. The van der Waals surface area contributed by atoms with Crippen LogP contribution >= 0.6 is 0 Å². The molecule has 4 heteroatoms. The van der Waals surface area contributed by atoms with Crippen molar-refractivity contribution < 1.29 is 14.2 Å². The second-order valence-electron chi connectivity index (χ2n) is 4.74. The lowest BCUT2D eigenvalue weighted by atomic mass is 9.87. The number of halogens is 1. The molecule has 2 aliphatic rings. The van der Waals surface area contributed by atoms with E-state index < -0.39 is 11.5 Å². The molecule has 0 amide bonds. The van der Waals surface area contributed by atoms with Crippen molar-refractivity contribution in [3.05, 3.63) is 29.8 Å². The molecule has 1 aromatic rings. The standard InChI is InChI=1S/C12H14FNO2/c13-11-3-1-2-10(14-11)12(15)6-8-4-5-9(7-12)16-8/h1-3,8-9,15H,4-7H2. The Kier molecular flexibility index (Phi) is 2.23. The monoisotopic (exact) mass is 223 g/mol. The van der Waals surface area contributed by atoms with Crippen molar-refractivity contribution in [3.8, 4) is 0 Å². The maximum Gasteiger partial charge on any atom is 0.213 e. The summed E-state index contributed by atoms with van der Waals surface area (Å²) in [6.45, 7) is 0. The maximum atomic E-state index is 13.0. The molecule has 0 saturated carbocycles. The second kappa shape index (κ2) is 3.50. The van der Waals surface area contributed by atoms with Crippen LogP contribution in [0.3, 0.4) is 0 Å². The van der Waals surface area contributed by atoms with Crippen molar-refractivity contribution in [2.75, 3.05) is 0 Å². The number of ether oxygens (including phenoxy) is 1. The molecule has 0 aromatic carbocycles. The number of nitrogens with zero attached hydrogens (tertiary/aromatic N) is 1. The predicted octanol–water partition coefficient (Wildman–Crippen LogP) is 1.75. The Labute approximate surface area is 93.3 Å². The van der Waals surface area contributed by atoms with Crippen LogP contribution in [0.15, 0.2) is 18.2 Å². The van der Waals surface area contributed by atoms with E-state index in [9.17, 15) is 9.50 Å². The summed E-state index contributed by atoms with van der Waals surface area (Å²) >= 11 is 0. The highest BCUT2D eigenvalue weighted by Gasteiger charge is 2.45.